The molecule has 0 aliphatic carbocycles. The van der Waals surface area contributed by atoms with Crippen molar-refractivity contribution in [1.82, 2.24) is 5.32 Å². The number of furan rings is 1. The molecule has 0 aliphatic heterocycles. The second-order valence-electron chi connectivity index (χ2n) is 4.88. The number of nitrogens with one attached hydrogen (secondary N) is 1. The molecule has 2 aromatic carbocycles. The molecule has 0 saturated carbocycles. The smallest absolute Gasteiger partial charge is 0.142 e. The maximum Gasteiger partial charge on any atom is 0.142 e. The third kappa shape index (κ3) is 1.83. The van der Waals surface area contributed by atoms with Crippen LogP contribution in [0.4, 0.5) is 0 Å². The minimum absolute atomic E-state index is 0.185. The van der Waals surface area contributed by atoms with Crippen LogP contribution >= 0.6 is 11.6 Å². The van der Waals surface area contributed by atoms with Gasteiger partial charge in [0.15, 0.2) is 0 Å². The summed E-state index contributed by atoms with van der Waals surface area (Å²) >= 11 is 6.37. The van der Waals surface area contributed by atoms with Crippen molar-refractivity contribution in [2.45, 2.75) is 19.9 Å². The lowest BCUT2D eigenvalue weighted by Crippen LogP contribution is -2.12. The quantitative estimate of drug-likeness (QED) is 0.723. The number of benzene rings is 2. The Morgan fingerprint density at radius 1 is 1.16 bits per heavy atom. The van der Waals surface area contributed by atoms with E-state index >= 15 is 0 Å². The lowest BCUT2D eigenvalue weighted by atomic mass is 10.0. The van der Waals surface area contributed by atoms with Crippen LogP contribution in [0.1, 0.15) is 24.3 Å². The Hall–Kier alpha value is -1.51. The monoisotopic (exact) mass is 273 g/mol. The third-order valence-corrected chi connectivity index (χ3v) is 4.07. The molecule has 1 aromatic heterocycles. The predicted octanol–water partition coefficient (Wildman–Crippen LogP) is 4.83. The van der Waals surface area contributed by atoms with Gasteiger partial charge in [-0.3, -0.25) is 0 Å². The van der Waals surface area contributed by atoms with Crippen LogP contribution in [0.2, 0.25) is 5.02 Å². The molecule has 1 heterocycles. The van der Waals surface area contributed by atoms with Gasteiger partial charge in [-0.1, -0.05) is 35.9 Å². The Bertz CT molecular complexity index is 760. The van der Waals surface area contributed by atoms with Gasteiger partial charge in [-0.05, 0) is 27.0 Å². The number of fused-ring (bicyclic) bond motifs is 3. The molecule has 0 spiro atoms. The van der Waals surface area contributed by atoms with Crippen LogP contribution < -0.4 is 5.32 Å². The Morgan fingerprint density at radius 3 is 2.53 bits per heavy atom. The fourth-order valence-electron chi connectivity index (χ4n) is 2.56. The molecule has 0 aliphatic rings. The zero-order chi connectivity index (χ0) is 13.6. The minimum atomic E-state index is 0.185. The van der Waals surface area contributed by atoms with Crippen LogP contribution in [-0.2, 0) is 0 Å². The first-order chi connectivity index (χ1) is 9.13. The summed E-state index contributed by atoms with van der Waals surface area (Å²) in [5.74, 6) is 0.977. The molecule has 0 saturated heterocycles. The van der Waals surface area contributed by atoms with Crippen molar-refractivity contribution in [2.24, 2.45) is 0 Å². The highest BCUT2D eigenvalue weighted by molar-refractivity contribution is 6.37. The Labute approximate surface area is 117 Å². The first-order valence-electron chi connectivity index (χ1n) is 6.41. The molecule has 2 nitrogen and oxygen atoms in total. The van der Waals surface area contributed by atoms with Gasteiger partial charge in [0.05, 0.1) is 6.04 Å². The average molecular weight is 274 g/mol. The van der Waals surface area contributed by atoms with Gasteiger partial charge in [0.25, 0.3) is 0 Å². The summed E-state index contributed by atoms with van der Waals surface area (Å²) in [6.45, 7) is 4.18. The van der Waals surface area contributed by atoms with Crippen LogP contribution in [0.15, 0.2) is 34.7 Å². The Kier molecular flexibility index (Phi) is 3.00. The van der Waals surface area contributed by atoms with E-state index in [0.29, 0.717) is 0 Å². The number of rotatable bonds is 2. The zero-order valence-corrected chi connectivity index (χ0v) is 12.0. The molecular formula is C16H16ClNO. The van der Waals surface area contributed by atoms with E-state index in [4.69, 9.17) is 16.0 Å². The average Bonchev–Trinajstić information content (AvgIpc) is 2.76. The van der Waals surface area contributed by atoms with Crippen LogP contribution in [0.3, 0.4) is 0 Å². The van der Waals surface area contributed by atoms with Crippen molar-refractivity contribution in [2.75, 3.05) is 7.05 Å². The molecule has 0 amide bonds. The summed E-state index contributed by atoms with van der Waals surface area (Å²) < 4.78 is 6.10. The first kappa shape index (κ1) is 12.5. The zero-order valence-electron chi connectivity index (χ0n) is 11.3. The molecule has 0 fully saturated rings. The van der Waals surface area contributed by atoms with Gasteiger partial charge in [0.1, 0.15) is 11.3 Å². The van der Waals surface area contributed by atoms with E-state index in [2.05, 4.69) is 25.2 Å². The van der Waals surface area contributed by atoms with Gasteiger partial charge in [-0.15, -0.1) is 0 Å². The number of hydrogen-bond acceptors (Lipinski definition) is 2. The minimum Gasteiger partial charge on any atom is -0.458 e. The van der Waals surface area contributed by atoms with Gasteiger partial charge >= 0.3 is 0 Å². The Morgan fingerprint density at radius 2 is 1.84 bits per heavy atom. The van der Waals surface area contributed by atoms with Gasteiger partial charge in [0.2, 0.25) is 0 Å². The molecule has 0 radical (unpaired) electrons. The van der Waals surface area contributed by atoms with Crippen molar-refractivity contribution in [3.63, 3.8) is 0 Å². The first-order valence-corrected chi connectivity index (χ1v) is 6.78. The van der Waals surface area contributed by atoms with E-state index in [0.717, 1.165) is 38.1 Å². The molecule has 19 heavy (non-hydrogen) atoms. The molecular weight excluding hydrogens is 258 g/mol. The molecule has 3 heteroatoms. The lowest BCUT2D eigenvalue weighted by Gasteiger charge is -2.06. The van der Waals surface area contributed by atoms with Gasteiger partial charge in [-0.25, -0.2) is 0 Å². The largest absolute Gasteiger partial charge is 0.458 e. The molecule has 1 atom stereocenters. The topological polar surface area (TPSA) is 25.2 Å². The van der Waals surface area contributed by atoms with E-state index in [1.165, 1.54) is 0 Å². The summed E-state index contributed by atoms with van der Waals surface area (Å²) in [4.78, 5) is 0. The highest BCUT2D eigenvalue weighted by Crippen LogP contribution is 2.37. The van der Waals surface area contributed by atoms with E-state index in [1.54, 1.807) is 0 Å². The summed E-state index contributed by atoms with van der Waals surface area (Å²) in [7, 11) is 1.93. The molecule has 3 aromatic rings. The standard InChI is InChI=1S/C16H16ClNO/c1-9-13-8-14(17)11-6-4-5-7-12(11)16(13)19-15(9)10(2)18-3/h4-8,10,18H,1-3H3. The van der Waals surface area contributed by atoms with E-state index in [-0.39, 0.29) is 6.04 Å². The third-order valence-electron chi connectivity index (χ3n) is 3.76. The molecule has 0 bridgehead atoms. The van der Waals surface area contributed by atoms with Crippen LogP contribution in [0.5, 0.6) is 0 Å². The van der Waals surface area contributed by atoms with Gasteiger partial charge < -0.3 is 9.73 Å². The van der Waals surface area contributed by atoms with Gasteiger partial charge in [0, 0.05) is 26.7 Å². The summed E-state index contributed by atoms with van der Waals surface area (Å²) in [6.07, 6.45) is 0. The van der Waals surface area contributed by atoms with E-state index < -0.39 is 0 Å². The van der Waals surface area contributed by atoms with Crippen LogP contribution in [0, 0.1) is 6.92 Å². The van der Waals surface area contributed by atoms with Crippen molar-refractivity contribution < 1.29 is 4.42 Å². The van der Waals surface area contributed by atoms with Crippen molar-refractivity contribution in [1.29, 1.82) is 0 Å². The summed E-state index contributed by atoms with van der Waals surface area (Å²) in [5, 5.41) is 7.20. The highest BCUT2D eigenvalue weighted by atomic mass is 35.5. The molecule has 1 N–H and O–H groups in total. The normalized spacial score (nSPS) is 13.3. The van der Waals surface area contributed by atoms with Crippen molar-refractivity contribution >= 4 is 33.3 Å². The second kappa shape index (κ2) is 4.55. The Balaban J connectivity index is 2.43. The number of halogens is 1. The fourth-order valence-corrected chi connectivity index (χ4v) is 2.83. The maximum atomic E-state index is 6.37. The van der Waals surface area contributed by atoms with Crippen LogP contribution in [0.25, 0.3) is 21.7 Å². The van der Waals surface area contributed by atoms with Crippen molar-refractivity contribution in [3.05, 3.63) is 46.7 Å². The lowest BCUT2D eigenvalue weighted by molar-refractivity contribution is 0.473. The highest BCUT2D eigenvalue weighted by Gasteiger charge is 2.18. The van der Waals surface area contributed by atoms with Crippen LogP contribution in [-0.4, -0.2) is 7.05 Å². The summed E-state index contributed by atoms with van der Waals surface area (Å²) in [5.41, 5.74) is 2.08. The molecule has 1 unspecified atom stereocenters. The second-order valence-corrected chi connectivity index (χ2v) is 5.29. The maximum absolute atomic E-state index is 6.37. The van der Waals surface area contributed by atoms with Crippen molar-refractivity contribution in [3.8, 4) is 0 Å². The van der Waals surface area contributed by atoms with E-state index in [1.807, 2.05) is 31.3 Å². The fraction of sp³-hybridized carbons (Fsp3) is 0.250. The van der Waals surface area contributed by atoms with Gasteiger partial charge in [-0.2, -0.15) is 0 Å². The van der Waals surface area contributed by atoms with E-state index in [9.17, 15) is 0 Å². The summed E-state index contributed by atoms with van der Waals surface area (Å²) in [6, 6.07) is 10.3. The molecule has 3 rings (SSSR count). The predicted molar refractivity (Wildman–Crippen MR) is 80.9 cm³/mol. The SMILES string of the molecule is CNC(C)c1oc2c(cc(Cl)c3ccccc32)c1C. The number of aryl methyl sites for hydroxylation is 1. The number of hydrogen-bond donors (Lipinski definition) is 1. The molecule has 98 valence electrons.